The Morgan fingerprint density at radius 1 is 0.632 bits per heavy atom. The lowest BCUT2D eigenvalue weighted by Gasteiger charge is -2.39. The van der Waals surface area contributed by atoms with Crippen molar-refractivity contribution in [3.63, 3.8) is 0 Å². The molecule has 0 aromatic heterocycles. The molecule has 2 aliphatic heterocycles. The Hall–Kier alpha value is -2.10. The van der Waals surface area contributed by atoms with Crippen molar-refractivity contribution < 1.29 is 18.6 Å². The van der Waals surface area contributed by atoms with Gasteiger partial charge in [0.1, 0.15) is 0 Å². The third kappa shape index (κ3) is 4.44. The second-order valence-electron chi connectivity index (χ2n) is 13.4. The summed E-state index contributed by atoms with van der Waals surface area (Å²) in [6.07, 6.45) is 5.69. The standard InChI is InChI=1S/C31H41B2NO4/c1-27(2)28(3,4)36-32(35-27)25-15-12-23(13-16-25)31(18-10-9-11-19-31)24-14-17-26(22(20-24)21-34)33-37-29(5,6)30(7,8)38-33/h12-17,20H,9-11,18-19H2,1-8H3. The quantitative estimate of drug-likeness (QED) is 0.512. The first-order valence-corrected chi connectivity index (χ1v) is 14.1. The molecule has 3 fully saturated rings. The largest absolute Gasteiger partial charge is 0.496 e. The van der Waals surface area contributed by atoms with E-state index < -0.39 is 18.3 Å². The number of benzene rings is 2. The van der Waals surface area contributed by atoms with Crippen LogP contribution in [0.2, 0.25) is 0 Å². The summed E-state index contributed by atoms with van der Waals surface area (Å²) in [5, 5.41) is 10.2. The zero-order chi connectivity index (χ0) is 27.6. The molecule has 7 heteroatoms. The summed E-state index contributed by atoms with van der Waals surface area (Å²) in [5.74, 6) is 0. The van der Waals surface area contributed by atoms with E-state index in [9.17, 15) is 5.26 Å². The second-order valence-corrected chi connectivity index (χ2v) is 13.4. The lowest BCUT2D eigenvalue weighted by molar-refractivity contribution is 0.00578. The van der Waals surface area contributed by atoms with E-state index in [-0.39, 0.29) is 23.7 Å². The lowest BCUT2D eigenvalue weighted by atomic mass is 9.63. The van der Waals surface area contributed by atoms with E-state index in [0.717, 1.165) is 23.8 Å². The molecule has 2 saturated heterocycles. The van der Waals surface area contributed by atoms with Crippen molar-refractivity contribution in [1.82, 2.24) is 0 Å². The Bertz CT molecular complexity index is 1210. The highest BCUT2D eigenvalue weighted by Gasteiger charge is 2.53. The molecule has 1 saturated carbocycles. The minimum absolute atomic E-state index is 0.132. The highest BCUT2D eigenvalue weighted by Crippen LogP contribution is 2.45. The first-order valence-electron chi connectivity index (χ1n) is 14.1. The van der Waals surface area contributed by atoms with Gasteiger partial charge in [0.15, 0.2) is 0 Å². The molecule has 3 aliphatic rings. The van der Waals surface area contributed by atoms with Crippen LogP contribution in [0.4, 0.5) is 0 Å². The van der Waals surface area contributed by atoms with E-state index in [0.29, 0.717) is 5.56 Å². The molecule has 2 aromatic rings. The van der Waals surface area contributed by atoms with Crippen LogP contribution >= 0.6 is 0 Å². The fourth-order valence-corrected chi connectivity index (χ4v) is 5.96. The maximum atomic E-state index is 10.2. The Morgan fingerprint density at radius 2 is 1.11 bits per heavy atom. The summed E-state index contributed by atoms with van der Waals surface area (Å²) in [4.78, 5) is 0. The van der Waals surface area contributed by atoms with Gasteiger partial charge in [-0.25, -0.2) is 0 Å². The Morgan fingerprint density at radius 3 is 1.61 bits per heavy atom. The molecule has 200 valence electrons. The molecule has 0 radical (unpaired) electrons. The maximum Gasteiger partial charge on any atom is 0.496 e. The highest BCUT2D eigenvalue weighted by atomic mass is 16.7. The topological polar surface area (TPSA) is 60.7 Å². The SMILES string of the molecule is CC1(C)OB(c2ccc(C3(c4ccc(B5OC(C)(C)C(C)(C)O5)c(C#N)c4)CCCCC3)cc2)OC1(C)C. The molecule has 0 atom stereocenters. The molecule has 0 amide bonds. The van der Waals surface area contributed by atoms with Gasteiger partial charge in [0.2, 0.25) is 0 Å². The second kappa shape index (κ2) is 9.24. The van der Waals surface area contributed by atoms with Crippen molar-refractivity contribution >= 4 is 25.2 Å². The van der Waals surface area contributed by atoms with E-state index >= 15 is 0 Å². The summed E-state index contributed by atoms with van der Waals surface area (Å²) in [7, 11) is -0.925. The van der Waals surface area contributed by atoms with Crippen LogP contribution in [0.15, 0.2) is 42.5 Å². The minimum atomic E-state index is -0.551. The first-order chi connectivity index (χ1) is 17.7. The average molecular weight is 513 g/mol. The smallest absolute Gasteiger partial charge is 0.399 e. The third-order valence-corrected chi connectivity index (χ3v) is 9.93. The first kappa shape index (κ1) is 27.5. The van der Waals surface area contributed by atoms with Gasteiger partial charge in [-0.2, -0.15) is 5.26 Å². The van der Waals surface area contributed by atoms with Crippen molar-refractivity contribution in [2.75, 3.05) is 0 Å². The van der Waals surface area contributed by atoms with E-state index in [2.05, 4.69) is 70.2 Å². The van der Waals surface area contributed by atoms with Gasteiger partial charge in [-0.1, -0.05) is 55.7 Å². The normalized spacial score (nSPS) is 24.8. The molecular formula is C31H41B2NO4. The number of nitriles is 1. The minimum Gasteiger partial charge on any atom is -0.399 e. The predicted molar refractivity (Wildman–Crippen MR) is 153 cm³/mol. The van der Waals surface area contributed by atoms with Gasteiger partial charge in [0.05, 0.1) is 34.0 Å². The van der Waals surface area contributed by atoms with Gasteiger partial charge in [0, 0.05) is 10.9 Å². The fraction of sp³-hybridized carbons (Fsp3) is 0.581. The van der Waals surface area contributed by atoms with Crippen LogP contribution in [-0.2, 0) is 24.0 Å². The van der Waals surface area contributed by atoms with Crippen LogP contribution in [0.25, 0.3) is 0 Å². The average Bonchev–Trinajstić information content (AvgIpc) is 3.23. The molecule has 0 unspecified atom stereocenters. The Labute approximate surface area is 229 Å². The van der Waals surface area contributed by atoms with Crippen LogP contribution < -0.4 is 10.9 Å². The molecule has 0 bridgehead atoms. The molecule has 2 aromatic carbocycles. The Kier molecular flexibility index (Phi) is 6.68. The molecule has 5 rings (SSSR count). The van der Waals surface area contributed by atoms with Gasteiger partial charge in [-0.05, 0) is 90.9 Å². The third-order valence-electron chi connectivity index (χ3n) is 9.93. The molecule has 0 N–H and O–H groups in total. The van der Waals surface area contributed by atoms with Crippen LogP contribution in [-0.4, -0.2) is 36.6 Å². The van der Waals surface area contributed by atoms with Crippen molar-refractivity contribution in [3.8, 4) is 6.07 Å². The van der Waals surface area contributed by atoms with Crippen LogP contribution in [0, 0.1) is 11.3 Å². The van der Waals surface area contributed by atoms with Crippen molar-refractivity contribution in [2.24, 2.45) is 0 Å². The van der Waals surface area contributed by atoms with E-state index in [1.54, 1.807) is 0 Å². The number of hydrogen-bond donors (Lipinski definition) is 0. The van der Waals surface area contributed by atoms with Gasteiger partial charge >= 0.3 is 14.2 Å². The van der Waals surface area contributed by atoms with E-state index in [4.69, 9.17) is 18.6 Å². The Balaban J connectivity index is 1.48. The zero-order valence-corrected chi connectivity index (χ0v) is 24.3. The fourth-order valence-electron chi connectivity index (χ4n) is 5.96. The lowest BCUT2D eigenvalue weighted by Crippen LogP contribution is -2.41. The summed E-state index contributed by atoms with van der Waals surface area (Å²) < 4.78 is 25.1. The van der Waals surface area contributed by atoms with E-state index in [1.807, 2.05) is 33.8 Å². The summed E-state index contributed by atoms with van der Waals surface area (Å²) in [5.41, 5.74) is 3.17. The van der Waals surface area contributed by atoms with Gasteiger partial charge < -0.3 is 18.6 Å². The van der Waals surface area contributed by atoms with Crippen molar-refractivity contribution in [1.29, 1.82) is 5.26 Å². The predicted octanol–water partition coefficient (Wildman–Crippen LogP) is 5.41. The monoisotopic (exact) mass is 513 g/mol. The summed E-state index contributed by atoms with van der Waals surface area (Å²) in [6, 6.07) is 17.5. The molecule has 1 aliphatic carbocycles. The maximum absolute atomic E-state index is 10.2. The van der Waals surface area contributed by atoms with Gasteiger partial charge in [-0.15, -0.1) is 0 Å². The van der Waals surface area contributed by atoms with E-state index in [1.165, 1.54) is 30.4 Å². The number of hydrogen-bond acceptors (Lipinski definition) is 5. The zero-order valence-electron chi connectivity index (χ0n) is 24.3. The summed E-state index contributed by atoms with van der Waals surface area (Å²) >= 11 is 0. The van der Waals surface area contributed by atoms with Crippen molar-refractivity contribution in [2.45, 2.75) is 115 Å². The summed E-state index contributed by atoms with van der Waals surface area (Å²) in [6.45, 7) is 16.5. The van der Waals surface area contributed by atoms with Gasteiger partial charge in [0.25, 0.3) is 0 Å². The number of rotatable bonds is 4. The molecule has 2 heterocycles. The van der Waals surface area contributed by atoms with Crippen LogP contribution in [0.5, 0.6) is 0 Å². The molecular weight excluding hydrogens is 472 g/mol. The molecule has 38 heavy (non-hydrogen) atoms. The van der Waals surface area contributed by atoms with Crippen LogP contribution in [0.1, 0.15) is 104 Å². The van der Waals surface area contributed by atoms with Crippen molar-refractivity contribution in [3.05, 3.63) is 59.2 Å². The highest BCUT2D eigenvalue weighted by molar-refractivity contribution is 6.63. The molecule has 5 nitrogen and oxygen atoms in total. The number of nitrogens with zero attached hydrogens (tertiary/aromatic N) is 1. The van der Waals surface area contributed by atoms with Gasteiger partial charge in [-0.3, -0.25) is 0 Å². The van der Waals surface area contributed by atoms with Crippen LogP contribution in [0.3, 0.4) is 0 Å². The molecule has 0 spiro atoms.